The summed E-state index contributed by atoms with van der Waals surface area (Å²) in [6.07, 6.45) is -0.629. The molecule has 0 heterocycles. The Hall–Kier alpha value is -2.91. The topological polar surface area (TPSA) is 95.9 Å². The average Bonchev–Trinajstić information content (AvgIpc) is 3.11. The van der Waals surface area contributed by atoms with Crippen molar-refractivity contribution in [3.63, 3.8) is 0 Å². The van der Waals surface area contributed by atoms with Gasteiger partial charge >= 0.3 is 131 Å². The number of benzene rings is 3. The molecule has 0 saturated heterocycles. The van der Waals surface area contributed by atoms with Gasteiger partial charge in [-0.15, -0.1) is 0 Å². The Kier molecular flexibility index (Phi) is 6.53. The molecule has 31 heavy (non-hydrogen) atoms. The normalized spacial score (nSPS) is 13.3. The van der Waals surface area contributed by atoms with E-state index in [4.69, 9.17) is 4.74 Å². The molecule has 6 nitrogen and oxygen atoms in total. The summed E-state index contributed by atoms with van der Waals surface area (Å²) >= 11 is -1.01. The van der Waals surface area contributed by atoms with Crippen molar-refractivity contribution in [3.05, 3.63) is 93.1 Å². The van der Waals surface area contributed by atoms with Crippen LogP contribution < -0.4 is 26.9 Å². The number of halogens is 1. The number of hydrogen-bond donors (Lipinski definition) is 3. The van der Waals surface area contributed by atoms with Crippen LogP contribution in [0.5, 0.6) is 0 Å². The maximum absolute atomic E-state index is 12.4. The smallest absolute Gasteiger partial charge is 0.0619 e. The first-order valence-electron chi connectivity index (χ1n) is 9.78. The molecular formula is C24H21INO5-. The zero-order chi connectivity index (χ0) is 21.8. The summed E-state index contributed by atoms with van der Waals surface area (Å²) < 4.78 is 15.5. The minimum absolute atomic E-state index is 0.0873. The minimum Gasteiger partial charge on any atom is -0.0619 e. The van der Waals surface area contributed by atoms with Crippen LogP contribution in [-0.2, 0) is 16.0 Å². The summed E-state index contributed by atoms with van der Waals surface area (Å²) in [6, 6.07) is 22.0. The zero-order valence-corrected chi connectivity index (χ0v) is 18.7. The number of carboxylic acid groups (broad SMARTS) is 1. The van der Waals surface area contributed by atoms with E-state index in [0.717, 1.165) is 31.4 Å². The number of rotatable bonds is 7. The van der Waals surface area contributed by atoms with E-state index in [2.05, 4.69) is 17.4 Å². The molecule has 160 valence electrons. The van der Waals surface area contributed by atoms with Gasteiger partial charge in [-0.2, -0.15) is 0 Å². The number of fused-ring (bicyclic) bond motifs is 3. The summed E-state index contributed by atoms with van der Waals surface area (Å²) in [5, 5.41) is 12.0. The molecule has 7 heteroatoms. The third-order valence-electron chi connectivity index (χ3n) is 5.38. The number of carboxylic acids is 1. The average molecular weight is 530 g/mol. The van der Waals surface area contributed by atoms with Crippen LogP contribution in [0.4, 0.5) is 4.79 Å². The molecule has 3 aromatic carbocycles. The molecule has 3 N–H and O–H groups in total. The third-order valence-corrected chi connectivity index (χ3v) is 6.66. The molecule has 0 radical (unpaired) electrons. The SMILES string of the molecule is O=C(NC(Cc1ccc([I-]O)cc1)C(=O)O)OCC1c2ccccc2-c2ccccc21. The van der Waals surface area contributed by atoms with Crippen molar-refractivity contribution in [1.82, 2.24) is 5.32 Å². The van der Waals surface area contributed by atoms with E-state index in [0.29, 0.717) is 0 Å². The molecular weight excluding hydrogens is 509 g/mol. The van der Waals surface area contributed by atoms with E-state index in [1.807, 2.05) is 36.4 Å². The molecule has 1 atom stereocenters. The maximum atomic E-state index is 12.4. The fourth-order valence-corrected chi connectivity index (χ4v) is 4.58. The molecule has 3 aromatic rings. The van der Waals surface area contributed by atoms with Crippen molar-refractivity contribution in [2.24, 2.45) is 0 Å². The van der Waals surface area contributed by atoms with Gasteiger partial charge in [0.05, 0.1) is 0 Å². The number of carbonyl (C=O) groups excluding carboxylic acids is 1. The molecule has 0 aromatic heterocycles. The Labute approximate surface area is 190 Å². The fourth-order valence-electron chi connectivity index (χ4n) is 3.89. The first-order chi connectivity index (χ1) is 15.1. The summed E-state index contributed by atoms with van der Waals surface area (Å²) in [4.78, 5) is 24.0. The second kappa shape index (κ2) is 9.49. The van der Waals surface area contributed by atoms with Crippen molar-refractivity contribution in [2.45, 2.75) is 18.4 Å². The molecule has 0 bridgehead atoms. The van der Waals surface area contributed by atoms with Crippen LogP contribution in [0.1, 0.15) is 22.6 Å². The Morgan fingerprint density at radius 3 is 2.06 bits per heavy atom. The van der Waals surface area contributed by atoms with Crippen LogP contribution in [0.25, 0.3) is 11.1 Å². The quantitative estimate of drug-likeness (QED) is 0.385. The van der Waals surface area contributed by atoms with E-state index in [1.165, 1.54) is 0 Å². The molecule has 1 unspecified atom stereocenters. The summed E-state index contributed by atoms with van der Waals surface area (Å²) in [6.45, 7) is 0.126. The van der Waals surface area contributed by atoms with Gasteiger partial charge in [0.15, 0.2) is 0 Å². The van der Waals surface area contributed by atoms with E-state index < -0.39 is 39.7 Å². The minimum atomic E-state index is -1.13. The van der Waals surface area contributed by atoms with E-state index >= 15 is 0 Å². The molecule has 0 fully saturated rings. The van der Waals surface area contributed by atoms with Crippen molar-refractivity contribution >= 4 is 12.1 Å². The molecule has 0 spiro atoms. The van der Waals surface area contributed by atoms with Gasteiger partial charge in [0.25, 0.3) is 0 Å². The van der Waals surface area contributed by atoms with E-state index in [9.17, 15) is 18.1 Å². The molecule has 1 aliphatic carbocycles. The number of nitrogens with one attached hydrogen (secondary N) is 1. The van der Waals surface area contributed by atoms with Crippen LogP contribution in [0.3, 0.4) is 0 Å². The van der Waals surface area contributed by atoms with Gasteiger partial charge in [-0.05, 0) is 11.1 Å². The number of carbonyl (C=O) groups is 2. The second-order valence-corrected chi connectivity index (χ2v) is 9.00. The predicted molar refractivity (Wildman–Crippen MR) is 111 cm³/mol. The first-order valence-corrected chi connectivity index (χ1v) is 11.8. The van der Waals surface area contributed by atoms with Crippen LogP contribution >= 0.6 is 0 Å². The Balaban J connectivity index is 1.41. The van der Waals surface area contributed by atoms with Crippen molar-refractivity contribution in [3.8, 4) is 11.1 Å². The van der Waals surface area contributed by atoms with Crippen LogP contribution in [-0.4, -0.2) is 33.3 Å². The predicted octanol–water partition coefficient (Wildman–Crippen LogP) is 0.387. The van der Waals surface area contributed by atoms with Gasteiger partial charge in [-0.1, -0.05) is 48.5 Å². The molecule has 4 rings (SSSR count). The van der Waals surface area contributed by atoms with Crippen molar-refractivity contribution in [1.29, 1.82) is 0 Å². The number of hydrogen-bond acceptors (Lipinski definition) is 4. The number of alkyl carbamates (subject to hydrolysis) is 1. The Morgan fingerprint density at radius 2 is 1.52 bits per heavy atom. The van der Waals surface area contributed by atoms with E-state index in [-0.39, 0.29) is 18.9 Å². The van der Waals surface area contributed by atoms with Crippen molar-refractivity contribution < 1.29 is 44.5 Å². The standard InChI is InChI=1S/C24H21INO5/c27-23(28)22(13-15-9-11-16(25-30)12-10-15)26-24(29)31-14-21-19-7-3-1-5-17(19)18-6-2-4-8-20(18)21/h1-12,21-22,30H,13-14H2,(H,26,29)(H,27,28)/q-1. The van der Waals surface area contributed by atoms with Crippen LogP contribution in [0.15, 0.2) is 72.8 Å². The fraction of sp³-hybridized carbons (Fsp3) is 0.167. The van der Waals surface area contributed by atoms with Crippen LogP contribution in [0, 0.1) is 3.57 Å². The van der Waals surface area contributed by atoms with Gasteiger partial charge < -0.3 is 0 Å². The van der Waals surface area contributed by atoms with Gasteiger partial charge in [-0.25, -0.2) is 0 Å². The molecule has 0 saturated carbocycles. The summed E-state index contributed by atoms with van der Waals surface area (Å²) in [5.74, 6) is -1.22. The second-order valence-electron chi connectivity index (χ2n) is 7.28. The summed E-state index contributed by atoms with van der Waals surface area (Å²) in [5.41, 5.74) is 5.21. The van der Waals surface area contributed by atoms with Gasteiger partial charge in [0, 0.05) is 0 Å². The zero-order valence-electron chi connectivity index (χ0n) is 16.5. The monoisotopic (exact) mass is 530 g/mol. The van der Waals surface area contributed by atoms with Crippen LogP contribution in [0.2, 0.25) is 0 Å². The van der Waals surface area contributed by atoms with Gasteiger partial charge in [0.2, 0.25) is 0 Å². The Bertz CT molecular complexity index is 1050. The van der Waals surface area contributed by atoms with Gasteiger partial charge in [-0.3, -0.25) is 0 Å². The summed E-state index contributed by atoms with van der Waals surface area (Å²) in [7, 11) is 0. The number of amides is 1. The van der Waals surface area contributed by atoms with Gasteiger partial charge in [0.1, 0.15) is 0 Å². The van der Waals surface area contributed by atoms with E-state index in [1.54, 1.807) is 24.3 Å². The molecule has 1 amide bonds. The van der Waals surface area contributed by atoms with Crippen molar-refractivity contribution in [2.75, 3.05) is 6.61 Å². The third kappa shape index (κ3) is 4.72. The number of aliphatic carboxylic acids is 1. The molecule has 0 aliphatic heterocycles. The number of ether oxygens (including phenoxy) is 1. The first kappa shape index (κ1) is 21.3. The molecule has 1 aliphatic rings. The Morgan fingerprint density at radius 1 is 0.935 bits per heavy atom.